The third-order valence-electron chi connectivity index (χ3n) is 3.62. The van der Waals surface area contributed by atoms with Crippen molar-refractivity contribution in [1.82, 2.24) is 9.97 Å². The first-order chi connectivity index (χ1) is 10.1. The number of rotatable bonds is 3. The lowest BCUT2D eigenvalue weighted by Crippen LogP contribution is -2.36. The summed E-state index contributed by atoms with van der Waals surface area (Å²) in [5.41, 5.74) is 0.492. The van der Waals surface area contributed by atoms with Crippen LogP contribution in [0.2, 0.25) is 0 Å². The number of carbonyl (C=O) groups is 1. The molecule has 0 saturated carbocycles. The first-order valence-electron chi connectivity index (χ1n) is 6.46. The second-order valence-corrected chi connectivity index (χ2v) is 4.85. The molecule has 0 amide bonds. The normalized spacial score (nSPS) is 18.1. The topological polar surface area (TPSA) is 109 Å². The van der Waals surface area contributed by atoms with E-state index in [0.29, 0.717) is 29.7 Å². The van der Waals surface area contributed by atoms with Crippen LogP contribution >= 0.6 is 0 Å². The number of benzene rings is 1. The highest BCUT2D eigenvalue weighted by Crippen LogP contribution is 2.31. The van der Waals surface area contributed by atoms with Gasteiger partial charge in [-0.2, -0.15) is 0 Å². The third-order valence-corrected chi connectivity index (χ3v) is 3.62. The van der Waals surface area contributed by atoms with Crippen molar-refractivity contribution < 1.29 is 14.8 Å². The zero-order chi connectivity index (χ0) is 15.0. The van der Waals surface area contributed by atoms with Crippen molar-refractivity contribution in [2.75, 3.05) is 11.4 Å². The van der Waals surface area contributed by atoms with Crippen molar-refractivity contribution in [1.29, 1.82) is 0 Å². The zero-order valence-corrected chi connectivity index (χ0v) is 11.0. The van der Waals surface area contributed by atoms with Crippen LogP contribution in [0.5, 0.6) is 0 Å². The number of fused-ring (bicyclic) bond motifs is 1. The van der Waals surface area contributed by atoms with Crippen LogP contribution in [0.4, 0.5) is 11.5 Å². The summed E-state index contributed by atoms with van der Waals surface area (Å²) >= 11 is 0. The molecule has 0 spiro atoms. The molecule has 1 atom stereocenters. The highest BCUT2D eigenvalue weighted by atomic mass is 16.6. The predicted molar refractivity (Wildman–Crippen MR) is 74.2 cm³/mol. The summed E-state index contributed by atoms with van der Waals surface area (Å²) in [7, 11) is 0. The van der Waals surface area contributed by atoms with Gasteiger partial charge in [0.25, 0.3) is 5.69 Å². The lowest BCUT2D eigenvalue weighted by atomic mass is 10.2. The highest BCUT2D eigenvalue weighted by molar-refractivity contribution is 5.93. The molecule has 3 rings (SSSR count). The fourth-order valence-corrected chi connectivity index (χ4v) is 2.65. The highest BCUT2D eigenvalue weighted by Gasteiger charge is 2.32. The summed E-state index contributed by atoms with van der Waals surface area (Å²) in [5, 5.41) is 20.7. The molecule has 1 saturated heterocycles. The molecule has 0 radical (unpaired) electrons. The zero-order valence-electron chi connectivity index (χ0n) is 11.0. The average molecular weight is 288 g/mol. The first kappa shape index (κ1) is 13.2. The Hall–Kier alpha value is -2.77. The smallest absolute Gasteiger partial charge is 0.326 e. The molecule has 1 aliphatic heterocycles. The van der Waals surface area contributed by atoms with Crippen LogP contribution in [0.15, 0.2) is 24.5 Å². The number of anilines is 1. The molecular formula is C13H12N4O4. The third kappa shape index (κ3) is 2.24. The van der Waals surface area contributed by atoms with Gasteiger partial charge in [0.15, 0.2) is 0 Å². The molecule has 1 fully saturated rings. The molecule has 0 bridgehead atoms. The van der Waals surface area contributed by atoms with Gasteiger partial charge in [0.05, 0.1) is 10.4 Å². The van der Waals surface area contributed by atoms with Gasteiger partial charge in [-0.3, -0.25) is 10.1 Å². The van der Waals surface area contributed by atoms with Crippen LogP contribution < -0.4 is 4.90 Å². The maximum atomic E-state index is 11.3. The molecule has 8 heteroatoms. The fourth-order valence-electron chi connectivity index (χ4n) is 2.65. The number of nitrogens with zero attached hydrogens (tertiary/aromatic N) is 4. The number of hydrogen-bond donors (Lipinski definition) is 1. The number of nitro benzene ring substituents is 1. The van der Waals surface area contributed by atoms with Gasteiger partial charge in [0.1, 0.15) is 18.2 Å². The minimum atomic E-state index is -0.912. The van der Waals surface area contributed by atoms with Gasteiger partial charge in [0, 0.05) is 24.1 Å². The summed E-state index contributed by atoms with van der Waals surface area (Å²) in [5.74, 6) is -0.474. The van der Waals surface area contributed by atoms with Crippen LogP contribution in [-0.2, 0) is 4.79 Å². The molecule has 1 N–H and O–H groups in total. The van der Waals surface area contributed by atoms with E-state index >= 15 is 0 Å². The number of aromatic nitrogens is 2. The molecule has 1 aromatic heterocycles. The van der Waals surface area contributed by atoms with E-state index in [4.69, 9.17) is 0 Å². The molecule has 1 aromatic carbocycles. The van der Waals surface area contributed by atoms with E-state index in [9.17, 15) is 20.0 Å². The summed E-state index contributed by atoms with van der Waals surface area (Å²) in [6.45, 7) is 0.561. The van der Waals surface area contributed by atoms with E-state index < -0.39 is 16.9 Å². The standard InChI is InChI=1S/C13H12N4O4/c18-13(19)11-2-1-5-16(11)12-9-6-8(17(20)21)3-4-10(9)14-7-15-12/h3-4,6-7,11H,1-2,5H2,(H,18,19). The summed E-state index contributed by atoms with van der Waals surface area (Å²) < 4.78 is 0. The molecule has 21 heavy (non-hydrogen) atoms. The Balaban J connectivity index is 2.15. The summed E-state index contributed by atoms with van der Waals surface area (Å²) in [4.78, 5) is 31.6. The van der Waals surface area contributed by atoms with Gasteiger partial charge in [-0.25, -0.2) is 14.8 Å². The Morgan fingerprint density at radius 3 is 2.95 bits per heavy atom. The van der Waals surface area contributed by atoms with Crippen molar-refractivity contribution in [3.05, 3.63) is 34.6 Å². The van der Waals surface area contributed by atoms with E-state index in [2.05, 4.69) is 9.97 Å². The molecule has 2 aromatic rings. The Morgan fingerprint density at radius 1 is 1.43 bits per heavy atom. The minimum absolute atomic E-state index is 0.0652. The second-order valence-electron chi connectivity index (χ2n) is 4.85. The number of hydrogen-bond acceptors (Lipinski definition) is 6. The monoisotopic (exact) mass is 288 g/mol. The van der Waals surface area contributed by atoms with Crippen molar-refractivity contribution in [2.45, 2.75) is 18.9 Å². The average Bonchev–Trinajstić information content (AvgIpc) is 2.95. The number of carboxylic acid groups (broad SMARTS) is 1. The summed E-state index contributed by atoms with van der Waals surface area (Å²) in [6, 6.07) is 3.66. The van der Waals surface area contributed by atoms with Crippen LogP contribution in [0, 0.1) is 10.1 Å². The van der Waals surface area contributed by atoms with Crippen molar-refractivity contribution >= 4 is 28.4 Å². The van der Waals surface area contributed by atoms with E-state index in [1.165, 1.54) is 18.5 Å². The lowest BCUT2D eigenvalue weighted by molar-refractivity contribution is -0.384. The van der Waals surface area contributed by atoms with Crippen LogP contribution in [-0.4, -0.2) is 38.6 Å². The number of carboxylic acids is 1. The molecule has 1 unspecified atom stereocenters. The number of non-ortho nitro benzene ring substituents is 1. The van der Waals surface area contributed by atoms with E-state index in [0.717, 1.165) is 6.42 Å². The molecule has 8 nitrogen and oxygen atoms in total. The second kappa shape index (κ2) is 4.97. The van der Waals surface area contributed by atoms with Crippen molar-refractivity contribution in [3.8, 4) is 0 Å². The summed E-state index contributed by atoms with van der Waals surface area (Å²) in [6.07, 6.45) is 2.63. The Bertz CT molecular complexity index is 733. The maximum Gasteiger partial charge on any atom is 0.326 e. The SMILES string of the molecule is O=C(O)C1CCCN1c1ncnc2ccc([N+](=O)[O-])cc12. The fraction of sp³-hybridized carbons (Fsp3) is 0.308. The largest absolute Gasteiger partial charge is 0.480 e. The lowest BCUT2D eigenvalue weighted by Gasteiger charge is -2.23. The van der Waals surface area contributed by atoms with Crippen molar-refractivity contribution in [3.63, 3.8) is 0 Å². The quantitative estimate of drug-likeness (QED) is 0.674. The van der Waals surface area contributed by atoms with Crippen LogP contribution in [0.25, 0.3) is 10.9 Å². The van der Waals surface area contributed by atoms with Gasteiger partial charge >= 0.3 is 5.97 Å². The van der Waals surface area contributed by atoms with E-state index in [1.807, 2.05) is 0 Å². The van der Waals surface area contributed by atoms with Gasteiger partial charge in [-0.15, -0.1) is 0 Å². The molecule has 0 aliphatic carbocycles. The molecule has 108 valence electrons. The van der Waals surface area contributed by atoms with E-state index in [-0.39, 0.29) is 5.69 Å². The minimum Gasteiger partial charge on any atom is -0.480 e. The van der Waals surface area contributed by atoms with Crippen LogP contribution in [0.1, 0.15) is 12.8 Å². The number of nitro groups is 1. The van der Waals surface area contributed by atoms with Crippen LogP contribution in [0.3, 0.4) is 0 Å². The molecule has 1 aliphatic rings. The Morgan fingerprint density at radius 2 is 2.24 bits per heavy atom. The van der Waals surface area contributed by atoms with Gasteiger partial charge in [-0.05, 0) is 18.9 Å². The number of aliphatic carboxylic acids is 1. The van der Waals surface area contributed by atoms with Gasteiger partial charge in [-0.1, -0.05) is 0 Å². The predicted octanol–water partition coefficient (Wildman–Crippen LogP) is 1.59. The molecule has 2 heterocycles. The maximum absolute atomic E-state index is 11.3. The Labute approximate surface area is 119 Å². The first-order valence-corrected chi connectivity index (χ1v) is 6.46. The molecular weight excluding hydrogens is 276 g/mol. The van der Waals surface area contributed by atoms with Gasteiger partial charge < -0.3 is 10.0 Å². The van der Waals surface area contributed by atoms with Gasteiger partial charge in [0.2, 0.25) is 0 Å². The van der Waals surface area contributed by atoms with E-state index in [1.54, 1.807) is 11.0 Å². The Kier molecular flexibility index (Phi) is 3.13. The van der Waals surface area contributed by atoms with Crippen molar-refractivity contribution in [2.24, 2.45) is 0 Å².